The third-order valence-electron chi connectivity index (χ3n) is 10.9. The Hall–Kier alpha value is -4.55. The van der Waals surface area contributed by atoms with Crippen molar-refractivity contribution in [1.82, 2.24) is 18.7 Å². The number of carbonyl (C=O) groups is 1. The molecule has 0 saturated carbocycles. The third-order valence-corrected chi connectivity index (χ3v) is 15.8. The van der Waals surface area contributed by atoms with E-state index in [1.807, 2.05) is 31.2 Å². The number of ether oxygens (including phenoxy) is 1. The highest BCUT2D eigenvalue weighted by Crippen LogP contribution is 2.41. The van der Waals surface area contributed by atoms with Gasteiger partial charge in [-0.05, 0) is 79.0 Å². The molecule has 0 saturated heterocycles. The molecule has 0 amide bonds. The highest BCUT2D eigenvalue weighted by atomic mass is 32.2. The van der Waals surface area contributed by atoms with Gasteiger partial charge in [-0.3, -0.25) is 4.79 Å². The first-order chi connectivity index (χ1) is 26.9. The summed E-state index contributed by atoms with van der Waals surface area (Å²) in [6, 6.07) is 11.3. The lowest BCUT2D eigenvalue weighted by Gasteiger charge is -2.31. The molecule has 6 rings (SSSR count). The maximum Gasteiger partial charge on any atom is 0.308 e. The van der Waals surface area contributed by atoms with Gasteiger partial charge in [0.15, 0.2) is 33.1 Å². The monoisotopic (exact) mass is 862 g/mol. The lowest BCUT2D eigenvalue weighted by Crippen LogP contribution is -2.29. The normalized spacial score (nSPS) is 20.1. The van der Waals surface area contributed by atoms with Crippen LogP contribution in [0.1, 0.15) is 69.5 Å². The number of aromatic nitrogens is 4. The van der Waals surface area contributed by atoms with Crippen LogP contribution in [0.4, 0.5) is 13.2 Å². The number of carbonyl (C=O) groups excluding carboxylic acids is 1. The number of rotatable bonds is 5. The largest absolute Gasteiger partial charge is 0.469 e. The van der Waals surface area contributed by atoms with E-state index in [0.717, 1.165) is 47.8 Å². The topological polar surface area (TPSA) is 164 Å². The number of sulfone groups is 2. The summed E-state index contributed by atoms with van der Waals surface area (Å²) in [6.45, 7) is 7.21. The van der Waals surface area contributed by atoms with Gasteiger partial charge in [-0.2, -0.15) is 5.10 Å². The Bertz CT molecular complexity index is 2800. The van der Waals surface area contributed by atoms with Crippen LogP contribution < -0.4 is 0 Å². The molecule has 0 N–H and O–H groups in total. The van der Waals surface area contributed by atoms with Crippen molar-refractivity contribution in [3.63, 3.8) is 0 Å². The maximum atomic E-state index is 16.4. The number of nitrogens with zero attached hydrogens (tertiary/aromatic N) is 4. The van der Waals surface area contributed by atoms with Crippen LogP contribution in [-0.4, -0.2) is 74.8 Å². The molecule has 2 aromatic heterocycles. The van der Waals surface area contributed by atoms with Crippen molar-refractivity contribution in [3.8, 4) is 11.4 Å². The summed E-state index contributed by atoms with van der Waals surface area (Å²) >= 11 is 0. The molecule has 58 heavy (non-hydrogen) atoms. The molecule has 3 heterocycles. The lowest BCUT2D eigenvalue weighted by atomic mass is 9.75. The Labute approximate surface area is 336 Å². The van der Waals surface area contributed by atoms with Gasteiger partial charge in [-0.1, -0.05) is 51.5 Å². The van der Waals surface area contributed by atoms with Crippen molar-refractivity contribution in [2.45, 2.75) is 75.0 Å². The van der Waals surface area contributed by atoms with E-state index in [2.05, 4.69) is 0 Å². The van der Waals surface area contributed by atoms with Gasteiger partial charge >= 0.3 is 5.97 Å². The van der Waals surface area contributed by atoms with E-state index in [0.29, 0.717) is 29.7 Å². The van der Waals surface area contributed by atoms with Gasteiger partial charge in [-0.15, -0.1) is 0 Å². The summed E-state index contributed by atoms with van der Waals surface area (Å²) in [7, 11) is -10.5. The summed E-state index contributed by atoms with van der Waals surface area (Å²) in [5, 5.41) is 4.39. The van der Waals surface area contributed by atoms with Crippen LogP contribution in [0, 0.1) is 28.8 Å². The maximum absolute atomic E-state index is 16.4. The summed E-state index contributed by atoms with van der Waals surface area (Å²) in [5.74, 6) is -6.23. The molecular formula is C40H45F3N4O8S3. The van der Waals surface area contributed by atoms with Gasteiger partial charge in [0.1, 0.15) is 16.2 Å². The Balaban J connectivity index is 1.59. The van der Waals surface area contributed by atoms with Crippen molar-refractivity contribution in [2.24, 2.45) is 18.4 Å². The molecule has 18 heteroatoms. The van der Waals surface area contributed by atoms with Crippen LogP contribution in [0.5, 0.6) is 0 Å². The highest BCUT2D eigenvalue weighted by molar-refractivity contribution is 7.92. The summed E-state index contributed by atoms with van der Waals surface area (Å²) < 4.78 is 137. The van der Waals surface area contributed by atoms with Crippen LogP contribution in [0.25, 0.3) is 22.3 Å². The van der Waals surface area contributed by atoms with Crippen LogP contribution in [0.15, 0.2) is 64.5 Å². The average Bonchev–Trinajstić information content (AvgIpc) is 3.76. The van der Waals surface area contributed by atoms with Crippen LogP contribution >= 0.6 is 0 Å². The predicted molar refractivity (Wildman–Crippen MR) is 212 cm³/mol. The second-order valence-corrected chi connectivity index (χ2v) is 22.1. The standard InChI is InChI=1S/C40H45F3N4O8S3/c1-24(37(48)55-6)20-25-10-8-11-26(21-25)40(4)17-9-16-39(2,3)23-57(51,52)19-15-29-28-14-18-47(56(7,49)50)34(28)32(42)33(43)35(29)58(53,54)27-12-13-31(41)30(22-27)36-44-38(40)45-46(36)5/h8,10-14,18,21-22,24H,9,15-17,19-20,23H2,1-7H3/t24-,40-/m1/s1. The molecule has 0 spiro atoms. The molecule has 312 valence electrons. The second-order valence-electron chi connectivity index (χ2n) is 16.1. The van der Waals surface area contributed by atoms with Crippen LogP contribution in [0.3, 0.4) is 0 Å². The number of fused-ring (bicyclic) bond motifs is 8. The van der Waals surface area contributed by atoms with Crippen LogP contribution in [0.2, 0.25) is 0 Å². The summed E-state index contributed by atoms with van der Waals surface area (Å²) in [4.78, 5) is 15.2. The smallest absolute Gasteiger partial charge is 0.308 e. The van der Waals surface area contributed by atoms with Gasteiger partial charge in [0.2, 0.25) is 19.9 Å². The fourth-order valence-electron chi connectivity index (χ4n) is 7.93. The molecule has 1 aliphatic rings. The third kappa shape index (κ3) is 8.06. The SMILES string of the molecule is COC(=O)[C@H](C)Cc1cccc([C@@]2(C)CCCC(C)(C)CS(=O)(=O)CCc3c(c(F)c(F)c4c3ccn4S(C)(=O)=O)S(=O)(=O)c3ccc(F)c(c3)-c3nc2nn3C)c1. The highest BCUT2D eigenvalue weighted by Gasteiger charge is 2.38. The molecule has 0 radical (unpaired) electrons. The zero-order chi connectivity index (χ0) is 42.7. The van der Waals surface area contributed by atoms with Crippen molar-refractivity contribution in [3.05, 3.63) is 94.7 Å². The Kier molecular flexibility index (Phi) is 11.3. The zero-order valence-corrected chi connectivity index (χ0v) is 35.6. The summed E-state index contributed by atoms with van der Waals surface area (Å²) in [6.07, 6.45) is 2.72. The minimum Gasteiger partial charge on any atom is -0.469 e. The van der Waals surface area contributed by atoms with E-state index in [9.17, 15) is 30.0 Å². The number of halogens is 3. The van der Waals surface area contributed by atoms with Crippen molar-refractivity contribution in [1.29, 1.82) is 0 Å². The minimum absolute atomic E-state index is 0.0636. The fraction of sp³-hybridized carbons (Fsp3) is 0.425. The quantitative estimate of drug-likeness (QED) is 0.144. The number of hydrogen-bond acceptors (Lipinski definition) is 10. The van der Waals surface area contributed by atoms with Gasteiger partial charge in [0, 0.05) is 18.6 Å². The van der Waals surface area contributed by atoms with E-state index in [1.54, 1.807) is 20.8 Å². The molecule has 3 aromatic carbocycles. The number of methoxy groups -OCH3 is 1. The first-order valence-corrected chi connectivity index (χ1v) is 23.6. The van der Waals surface area contributed by atoms with Crippen molar-refractivity contribution in [2.75, 3.05) is 24.9 Å². The molecule has 2 atom stereocenters. The number of esters is 1. The van der Waals surface area contributed by atoms with Crippen LogP contribution in [-0.2, 0) is 64.5 Å². The molecule has 0 aliphatic carbocycles. The van der Waals surface area contributed by atoms with Crippen molar-refractivity contribution >= 4 is 46.6 Å². The molecule has 0 fully saturated rings. The second kappa shape index (κ2) is 15.2. The molecule has 1 aliphatic heterocycles. The molecule has 0 unspecified atom stereocenters. The Morgan fingerprint density at radius 3 is 2.38 bits per heavy atom. The molecule has 5 aromatic rings. The average molecular weight is 863 g/mol. The van der Waals surface area contributed by atoms with Gasteiger partial charge in [-0.25, -0.2) is 52.1 Å². The van der Waals surface area contributed by atoms with E-state index >= 15 is 13.2 Å². The first-order valence-electron chi connectivity index (χ1n) is 18.5. The van der Waals surface area contributed by atoms with E-state index < -0.39 is 96.9 Å². The van der Waals surface area contributed by atoms with Gasteiger partial charge in [0.05, 0.1) is 46.7 Å². The van der Waals surface area contributed by atoms with E-state index in [4.69, 9.17) is 14.8 Å². The van der Waals surface area contributed by atoms with E-state index in [-0.39, 0.29) is 34.3 Å². The minimum atomic E-state index is -5.11. The molecule has 4 bridgehead atoms. The first kappa shape index (κ1) is 43.0. The Morgan fingerprint density at radius 2 is 1.71 bits per heavy atom. The predicted octanol–water partition coefficient (Wildman–Crippen LogP) is 6.32. The van der Waals surface area contributed by atoms with Gasteiger partial charge < -0.3 is 4.74 Å². The summed E-state index contributed by atoms with van der Waals surface area (Å²) in [5.41, 5.74) is -1.73. The number of aryl methyl sites for hydroxylation is 2. The number of benzene rings is 3. The number of hydrogen-bond donors (Lipinski definition) is 0. The van der Waals surface area contributed by atoms with Crippen molar-refractivity contribution < 1.29 is 48.0 Å². The lowest BCUT2D eigenvalue weighted by molar-refractivity contribution is -0.144. The van der Waals surface area contributed by atoms with E-state index in [1.165, 1.54) is 18.8 Å². The fourth-order valence-corrected chi connectivity index (χ4v) is 12.3. The molecule has 12 nitrogen and oxygen atoms in total. The molecular weight excluding hydrogens is 818 g/mol. The van der Waals surface area contributed by atoms with Gasteiger partial charge in [0.25, 0.3) is 0 Å². The zero-order valence-electron chi connectivity index (χ0n) is 33.1. The Morgan fingerprint density at radius 1 is 1.00 bits per heavy atom.